The fourth-order valence-corrected chi connectivity index (χ4v) is 3.43. The van der Waals surface area contributed by atoms with Crippen LogP contribution >= 0.6 is 35.2 Å². The molecule has 0 saturated heterocycles. The van der Waals surface area contributed by atoms with E-state index >= 15 is 0 Å². The molecule has 2 heterocycles. The lowest BCUT2D eigenvalue weighted by atomic mass is 10.1. The standard InChI is InChI=1S/C17H15ClFN5OS2/c1-8(22-23-17(20)26)5-24-6-11(14-7-27-9(2)21-14)16(25)10-3-13(19)12(18)4-15(10)24/h3-4,6-7H,5H2,1-2H3,(H3,20,23,26)/b22-8+. The average molecular weight is 424 g/mol. The lowest BCUT2D eigenvalue weighted by Crippen LogP contribution is -2.26. The Bertz CT molecular complexity index is 1140. The number of aromatic nitrogens is 2. The molecule has 0 amide bonds. The topological polar surface area (TPSA) is 85.3 Å². The fourth-order valence-electron chi connectivity index (χ4n) is 2.62. The van der Waals surface area contributed by atoms with Crippen molar-refractivity contribution in [2.24, 2.45) is 10.8 Å². The van der Waals surface area contributed by atoms with Crippen molar-refractivity contribution in [3.05, 3.63) is 49.8 Å². The van der Waals surface area contributed by atoms with Gasteiger partial charge in [0.2, 0.25) is 0 Å². The van der Waals surface area contributed by atoms with Crippen LogP contribution in [-0.2, 0) is 6.54 Å². The fraction of sp³-hybridized carbons (Fsp3) is 0.176. The van der Waals surface area contributed by atoms with Crippen LogP contribution in [-0.4, -0.2) is 20.4 Å². The lowest BCUT2D eigenvalue weighted by molar-refractivity contribution is 0.629. The third-order valence-electron chi connectivity index (χ3n) is 3.77. The number of rotatable bonds is 4. The minimum Gasteiger partial charge on any atom is -0.375 e. The van der Waals surface area contributed by atoms with Crippen LogP contribution in [0.1, 0.15) is 11.9 Å². The Morgan fingerprint density at radius 3 is 2.89 bits per heavy atom. The molecule has 0 radical (unpaired) electrons. The Labute approximate surface area is 168 Å². The average Bonchev–Trinajstić information content (AvgIpc) is 3.03. The molecule has 0 aliphatic heterocycles. The van der Waals surface area contributed by atoms with E-state index in [0.29, 0.717) is 29.0 Å². The predicted octanol–water partition coefficient (Wildman–Crippen LogP) is 3.44. The number of nitrogens with one attached hydrogen (secondary N) is 1. The zero-order valence-electron chi connectivity index (χ0n) is 14.4. The van der Waals surface area contributed by atoms with Crippen molar-refractivity contribution in [1.82, 2.24) is 15.0 Å². The van der Waals surface area contributed by atoms with E-state index in [1.165, 1.54) is 17.4 Å². The van der Waals surface area contributed by atoms with E-state index in [2.05, 4.69) is 15.5 Å². The van der Waals surface area contributed by atoms with Crippen molar-refractivity contribution in [1.29, 1.82) is 0 Å². The molecule has 0 saturated carbocycles. The monoisotopic (exact) mass is 423 g/mol. The van der Waals surface area contributed by atoms with Crippen LogP contribution in [0.5, 0.6) is 0 Å². The van der Waals surface area contributed by atoms with Gasteiger partial charge in [0.05, 0.1) is 39.1 Å². The molecule has 3 aromatic rings. The summed E-state index contributed by atoms with van der Waals surface area (Å²) >= 11 is 12.1. The maximum atomic E-state index is 14.0. The van der Waals surface area contributed by atoms with Gasteiger partial charge in [0, 0.05) is 17.0 Å². The summed E-state index contributed by atoms with van der Waals surface area (Å²) < 4.78 is 15.8. The summed E-state index contributed by atoms with van der Waals surface area (Å²) in [6.45, 7) is 3.93. The Balaban J connectivity index is 2.22. The molecule has 0 aliphatic rings. The zero-order chi connectivity index (χ0) is 19.7. The Morgan fingerprint density at radius 1 is 1.52 bits per heavy atom. The molecule has 140 valence electrons. The second-order valence-electron chi connectivity index (χ2n) is 5.86. The number of nitrogens with two attached hydrogens (primary N) is 1. The van der Waals surface area contributed by atoms with Gasteiger partial charge in [-0.05, 0) is 38.2 Å². The van der Waals surface area contributed by atoms with Gasteiger partial charge >= 0.3 is 0 Å². The van der Waals surface area contributed by atoms with Crippen molar-refractivity contribution >= 4 is 56.9 Å². The molecule has 0 bridgehead atoms. The molecular formula is C17H15ClFN5OS2. The first-order valence-corrected chi connectivity index (χ1v) is 9.46. The zero-order valence-corrected chi connectivity index (χ0v) is 16.8. The van der Waals surface area contributed by atoms with Gasteiger partial charge in [-0.3, -0.25) is 10.2 Å². The molecule has 0 fully saturated rings. The number of halogens is 2. The van der Waals surface area contributed by atoms with Crippen LogP contribution < -0.4 is 16.6 Å². The third kappa shape index (κ3) is 4.15. The minimum atomic E-state index is -0.653. The summed E-state index contributed by atoms with van der Waals surface area (Å²) in [7, 11) is 0. The Morgan fingerprint density at radius 2 is 2.26 bits per heavy atom. The number of thiazole rings is 1. The first kappa shape index (κ1) is 19.4. The molecule has 3 rings (SSSR count). The van der Waals surface area contributed by atoms with Gasteiger partial charge in [0.1, 0.15) is 5.82 Å². The maximum Gasteiger partial charge on any atom is 0.198 e. The molecule has 1 aromatic carbocycles. The maximum absolute atomic E-state index is 14.0. The minimum absolute atomic E-state index is 0.0443. The number of hydrogen-bond acceptors (Lipinski definition) is 5. The van der Waals surface area contributed by atoms with Crippen LogP contribution in [0, 0.1) is 12.7 Å². The number of benzene rings is 1. The Hall–Kier alpha value is -2.36. The van der Waals surface area contributed by atoms with E-state index in [4.69, 9.17) is 29.6 Å². The molecule has 0 aliphatic carbocycles. The number of thiocarbonyl (C=S) groups is 1. The number of nitrogens with zero attached hydrogens (tertiary/aromatic N) is 3. The second kappa shape index (κ2) is 7.71. The number of hydrogen-bond donors (Lipinski definition) is 2. The number of pyridine rings is 1. The van der Waals surface area contributed by atoms with Gasteiger partial charge in [0.15, 0.2) is 10.5 Å². The molecule has 0 atom stereocenters. The van der Waals surface area contributed by atoms with Crippen molar-refractivity contribution in [2.45, 2.75) is 20.4 Å². The summed E-state index contributed by atoms with van der Waals surface area (Å²) in [4.78, 5) is 17.3. The van der Waals surface area contributed by atoms with E-state index < -0.39 is 5.82 Å². The molecule has 6 nitrogen and oxygen atoms in total. The highest BCUT2D eigenvalue weighted by Crippen LogP contribution is 2.25. The van der Waals surface area contributed by atoms with Gasteiger partial charge in [-0.25, -0.2) is 9.37 Å². The SMILES string of the molecule is C/C(Cn1cc(-c2csc(C)n2)c(=O)c2cc(F)c(Cl)cc21)=N\NC(N)=S. The third-order valence-corrected chi connectivity index (χ3v) is 4.93. The normalized spacial score (nSPS) is 11.8. The quantitative estimate of drug-likeness (QED) is 0.381. The number of fused-ring (bicyclic) bond motifs is 1. The lowest BCUT2D eigenvalue weighted by Gasteiger charge is -2.13. The van der Waals surface area contributed by atoms with Crippen molar-refractivity contribution in [2.75, 3.05) is 0 Å². The molecule has 3 N–H and O–H groups in total. The molecule has 27 heavy (non-hydrogen) atoms. The summed E-state index contributed by atoms with van der Waals surface area (Å²) in [6.07, 6.45) is 1.67. The van der Waals surface area contributed by atoms with Crippen molar-refractivity contribution in [3.8, 4) is 11.3 Å². The van der Waals surface area contributed by atoms with Crippen LogP contribution in [0.4, 0.5) is 4.39 Å². The first-order valence-electron chi connectivity index (χ1n) is 7.79. The van der Waals surface area contributed by atoms with E-state index in [1.807, 2.05) is 6.92 Å². The van der Waals surface area contributed by atoms with Gasteiger partial charge in [-0.15, -0.1) is 11.3 Å². The van der Waals surface area contributed by atoms with Crippen LogP contribution in [0.2, 0.25) is 5.02 Å². The smallest absolute Gasteiger partial charge is 0.198 e. The summed E-state index contributed by atoms with van der Waals surface area (Å²) in [6, 6.07) is 2.58. The van der Waals surface area contributed by atoms with Crippen LogP contribution in [0.15, 0.2) is 33.6 Å². The van der Waals surface area contributed by atoms with E-state index in [9.17, 15) is 9.18 Å². The number of aryl methyl sites for hydroxylation is 1. The van der Waals surface area contributed by atoms with Crippen molar-refractivity contribution < 1.29 is 4.39 Å². The molecule has 0 spiro atoms. The summed E-state index contributed by atoms with van der Waals surface area (Å²) in [5, 5.41) is 6.90. The van der Waals surface area contributed by atoms with Crippen LogP contribution in [0.25, 0.3) is 22.2 Å². The van der Waals surface area contributed by atoms with E-state index in [0.717, 1.165) is 11.1 Å². The second-order valence-corrected chi connectivity index (χ2v) is 7.77. The summed E-state index contributed by atoms with van der Waals surface area (Å²) in [5.74, 6) is -0.653. The molecule has 2 aromatic heterocycles. The van der Waals surface area contributed by atoms with Crippen molar-refractivity contribution in [3.63, 3.8) is 0 Å². The van der Waals surface area contributed by atoms with Gasteiger partial charge in [-0.1, -0.05) is 11.6 Å². The van der Waals surface area contributed by atoms with E-state index in [1.54, 1.807) is 23.1 Å². The summed E-state index contributed by atoms with van der Waals surface area (Å²) in [5.41, 5.74) is 9.66. The van der Waals surface area contributed by atoms with Gasteiger partial charge < -0.3 is 10.3 Å². The highest BCUT2D eigenvalue weighted by Gasteiger charge is 2.16. The largest absolute Gasteiger partial charge is 0.375 e. The molecular weight excluding hydrogens is 409 g/mol. The van der Waals surface area contributed by atoms with Gasteiger partial charge in [-0.2, -0.15) is 5.10 Å². The molecule has 10 heteroatoms. The first-order chi connectivity index (χ1) is 12.8. The predicted molar refractivity (Wildman–Crippen MR) is 112 cm³/mol. The van der Waals surface area contributed by atoms with Gasteiger partial charge in [0.25, 0.3) is 0 Å². The molecule has 0 unspecified atom stereocenters. The van der Waals surface area contributed by atoms with E-state index in [-0.39, 0.29) is 21.0 Å². The van der Waals surface area contributed by atoms with Crippen LogP contribution in [0.3, 0.4) is 0 Å². The Kier molecular flexibility index (Phi) is 5.54. The highest BCUT2D eigenvalue weighted by atomic mass is 35.5. The number of hydrazone groups is 1. The highest BCUT2D eigenvalue weighted by molar-refractivity contribution is 7.80.